The Balaban J connectivity index is 1.70. The third kappa shape index (κ3) is 3.64. The SMILES string of the molecule is O=C(NCCCN1CCCC1=O)c1ccc(=O)[nH]n1. The number of aromatic nitrogens is 2. The molecule has 0 radical (unpaired) electrons. The fraction of sp³-hybridized carbons (Fsp3) is 0.500. The maximum absolute atomic E-state index is 11.6. The van der Waals surface area contributed by atoms with Gasteiger partial charge in [0, 0.05) is 32.1 Å². The minimum atomic E-state index is -0.343. The van der Waals surface area contributed by atoms with Gasteiger partial charge in [0.25, 0.3) is 11.5 Å². The summed E-state index contributed by atoms with van der Waals surface area (Å²) in [6, 6.07) is 2.63. The second-order valence-electron chi connectivity index (χ2n) is 4.40. The molecule has 2 N–H and O–H groups in total. The molecule has 1 aliphatic heterocycles. The Morgan fingerprint density at radius 1 is 1.42 bits per heavy atom. The lowest BCUT2D eigenvalue weighted by molar-refractivity contribution is -0.127. The van der Waals surface area contributed by atoms with Crippen molar-refractivity contribution in [3.63, 3.8) is 0 Å². The molecule has 0 spiro atoms. The van der Waals surface area contributed by atoms with Gasteiger partial charge in [-0.25, -0.2) is 5.10 Å². The summed E-state index contributed by atoms with van der Waals surface area (Å²) in [6.07, 6.45) is 2.26. The van der Waals surface area contributed by atoms with Crippen molar-refractivity contribution in [3.05, 3.63) is 28.2 Å². The monoisotopic (exact) mass is 264 g/mol. The van der Waals surface area contributed by atoms with Crippen molar-refractivity contribution in [1.29, 1.82) is 0 Å². The number of carbonyl (C=O) groups is 2. The van der Waals surface area contributed by atoms with Crippen molar-refractivity contribution in [3.8, 4) is 0 Å². The molecule has 0 atom stereocenters. The molecule has 7 heteroatoms. The van der Waals surface area contributed by atoms with Gasteiger partial charge in [-0.15, -0.1) is 0 Å². The van der Waals surface area contributed by atoms with Crippen LogP contribution in [0.15, 0.2) is 16.9 Å². The second-order valence-corrected chi connectivity index (χ2v) is 4.40. The largest absolute Gasteiger partial charge is 0.351 e. The van der Waals surface area contributed by atoms with E-state index in [9.17, 15) is 14.4 Å². The average molecular weight is 264 g/mol. The van der Waals surface area contributed by atoms with Gasteiger partial charge in [-0.1, -0.05) is 0 Å². The molecule has 1 aliphatic rings. The summed E-state index contributed by atoms with van der Waals surface area (Å²) in [4.78, 5) is 35.6. The molecule has 2 rings (SSSR count). The standard InChI is InChI=1S/C12H16N4O3/c17-10-5-4-9(14-15-10)12(19)13-6-2-8-16-7-1-3-11(16)18/h4-5H,1-3,6-8H2,(H,13,19)(H,15,17). The summed E-state index contributed by atoms with van der Waals surface area (Å²) in [5.74, 6) is -0.141. The van der Waals surface area contributed by atoms with Crippen LogP contribution in [0.1, 0.15) is 29.8 Å². The van der Waals surface area contributed by atoms with Gasteiger partial charge >= 0.3 is 0 Å². The lowest BCUT2D eigenvalue weighted by atomic mass is 10.3. The molecule has 1 fully saturated rings. The number of aromatic amines is 1. The third-order valence-corrected chi connectivity index (χ3v) is 2.97. The number of hydrogen-bond acceptors (Lipinski definition) is 4. The second kappa shape index (κ2) is 6.12. The molecule has 0 unspecified atom stereocenters. The van der Waals surface area contributed by atoms with Gasteiger partial charge in [0.2, 0.25) is 5.91 Å². The van der Waals surface area contributed by atoms with Crippen molar-refractivity contribution in [1.82, 2.24) is 20.4 Å². The van der Waals surface area contributed by atoms with Crippen molar-refractivity contribution in [2.75, 3.05) is 19.6 Å². The van der Waals surface area contributed by atoms with Crippen LogP contribution in [0.25, 0.3) is 0 Å². The number of carbonyl (C=O) groups excluding carboxylic acids is 2. The molecule has 2 amide bonds. The number of hydrogen-bond donors (Lipinski definition) is 2. The van der Waals surface area contributed by atoms with Gasteiger partial charge in [-0.2, -0.15) is 5.10 Å². The van der Waals surface area contributed by atoms with Crippen LogP contribution in [0.4, 0.5) is 0 Å². The highest BCUT2D eigenvalue weighted by molar-refractivity contribution is 5.91. The fourth-order valence-corrected chi connectivity index (χ4v) is 1.97. The Labute approximate surface area is 110 Å². The normalized spacial score (nSPS) is 14.7. The van der Waals surface area contributed by atoms with Gasteiger partial charge < -0.3 is 10.2 Å². The first-order valence-corrected chi connectivity index (χ1v) is 6.28. The van der Waals surface area contributed by atoms with E-state index < -0.39 is 0 Å². The molecule has 7 nitrogen and oxygen atoms in total. The first kappa shape index (κ1) is 13.3. The van der Waals surface area contributed by atoms with E-state index in [-0.39, 0.29) is 23.1 Å². The maximum atomic E-state index is 11.6. The first-order chi connectivity index (χ1) is 9.16. The zero-order chi connectivity index (χ0) is 13.7. The minimum Gasteiger partial charge on any atom is -0.351 e. The Morgan fingerprint density at radius 3 is 2.89 bits per heavy atom. The van der Waals surface area contributed by atoms with E-state index in [0.29, 0.717) is 25.9 Å². The van der Waals surface area contributed by atoms with E-state index in [0.717, 1.165) is 13.0 Å². The lowest BCUT2D eigenvalue weighted by Gasteiger charge is -2.15. The third-order valence-electron chi connectivity index (χ3n) is 2.97. The highest BCUT2D eigenvalue weighted by Gasteiger charge is 2.19. The summed E-state index contributed by atoms with van der Waals surface area (Å²) >= 11 is 0. The Bertz CT molecular complexity index is 505. The van der Waals surface area contributed by atoms with Crippen molar-refractivity contribution in [2.24, 2.45) is 0 Å². The van der Waals surface area contributed by atoms with Gasteiger partial charge in [0.05, 0.1) is 0 Å². The Morgan fingerprint density at radius 2 is 2.26 bits per heavy atom. The number of likely N-dealkylation sites (tertiary alicyclic amines) is 1. The molecular weight excluding hydrogens is 248 g/mol. The quantitative estimate of drug-likeness (QED) is 0.702. The molecule has 1 aromatic rings. The highest BCUT2D eigenvalue weighted by Crippen LogP contribution is 2.09. The fourth-order valence-electron chi connectivity index (χ4n) is 1.97. The van der Waals surface area contributed by atoms with E-state index in [1.165, 1.54) is 12.1 Å². The van der Waals surface area contributed by atoms with E-state index >= 15 is 0 Å². The molecule has 0 aromatic carbocycles. The zero-order valence-electron chi connectivity index (χ0n) is 10.5. The number of rotatable bonds is 5. The van der Waals surface area contributed by atoms with Crippen molar-refractivity contribution < 1.29 is 9.59 Å². The van der Waals surface area contributed by atoms with Gasteiger partial charge in [-0.05, 0) is 18.9 Å². The summed E-state index contributed by atoms with van der Waals surface area (Å²) < 4.78 is 0. The van der Waals surface area contributed by atoms with Crippen molar-refractivity contribution in [2.45, 2.75) is 19.3 Å². The average Bonchev–Trinajstić information content (AvgIpc) is 2.81. The maximum Gasteiger partial charge on any atom is 0.271 e. The smallest absolute Gasteiger partial charge is 0.271 e. The summed E-state index contributed by atoms with van der Waals surface area (Å²) in [5, 5.41) is 8.53. The van der Waals surface area contributed by atoms with Gasteiger partial charge in [0.15, 0.2) is 0 Å². The van der Waals surface area contributed by atoms with Crippen LogP contribution in [-0.4, -0.2) is 46.5 Å². The van der Waals surface area contributed by atoms with E-state index in [4.69, 9.17) is 0 Å². The van der Waals surface area contributed by atoms with Crippen LogP contribution in [0.5, 0.6) is 0 Å². The van der Waals surface area contributed by atoms with Crippen LogP contribution < -0.4 is 10.9 Å². The Kier molecular flexibility index (Phi) is 4.27. The molecule has 1 saturated heterocycles. The number of H-pyrrole nitrogens is 1. The van der Waals surface area contributed by atoms with E-state index in [1.807, 2.05) is 4.90 Å². The summed E-state index contributed by atoms with van der Waals surface area (Å²) in [5.41, 5.74) is -0.166. The lowest BCUT2D eigenvalue weighted by Crippen LogP contribution is -2.31. The molecule has 102 valence electrons. The molecular formula is C12H16N4O3. The van der Waals surface area contributed by atoms with Crippen LogP contribution in [0.3, 0.4) is 0 Å². The Hall–Kier alpha value is -2.18. The summed E-state index contributed by atoms with van der Waals surface area (Å²) in [6.45, 7) is 1.95. The minimum absolute atomic E-state index is 0.178. The zero-order valence-corrected chi connectivity index (χ0v) is 10.5. The predicted molar refractivity (Wildman–Crippen MR) is 67.6 cm³/mol. The van der Waals surface area contributed by atoms with E-state index in [2.05, 4.69) is 15.5 Å². The molecule has 0 bridgehead atoms. The first-order valence-electron chi connectivity index (χ1n) is 6.28. The molecule has 2 heterocycles. The van der Waals surface area contributed by atoms with Gasteiger partial charge in [-0.3, -0.25) is 14.4 Å². The number of amides is 2. The summed E-state index contributed by atoms with van der Waals surface area (Å²) in [7, 11) is 0. The van der Waals surface area contributed by atoms with Crippen LogP contribution in [0, 0.1) is 0 Å². The highest BCUT2D eigenvalue weighted by atomic mass is 16.2. The number of nitrogens with one attached hydrogen (secondary N) is 2. The van der Waals surface area contributed by atoms with Crippen LogP contribution in [0.2, 0.25) is 0 Å². The molecule has 0 saturated carbocycles. The van der Waals surface area contributed by atoms with Crippen molar-refractivity contribution >= 4 is 11.8 Å². The van der Waals surface area contributed by atoms with Crippen LogP contribution >= 0.6 is 0 Å². The number of nitrogens with zero attached hydrogens (tertiary/aromatic N) is 2. The van der Waals surface area contributed by atoms with Crippen LogP contribution in [-0.2, 0) is 4.79 Å². The van der Waals surface area contributed by atoms with Gasteiger partial charge in [0.1, 0.15) is 5.69 Å². The molecule has 19 heavy (non-hydrogen) atoms. The van der Waals surface area contributed by atoms with E-state index in [1.54, 1.807) is 0 Å². The topological polar surface area (TPSA) is 95.2 Å². The molecule has 1 aromatic heterocycles. The predicted octanol–water partition coefficient (Wildman–Crippen LogP) is -0.488. The molecule has 0 aliphatic carbocycles.